The highest BCUT2D eigenvalue weighted by Crippen LogP contribution is 2.31. The Labute approximate surface area is 122 Å². The second-order valence-electron chi connectivity index (χ2n) is 5.16. The lowest BCUT2D eigenvalue weighted by Gasteiger charge is -2.33. The summed E-state index contributed by atoms with van der Waals surface area (Å²) >= 11 is 3.51. The molecule has 19 heavy (non-hydrogen) atoms. The van der Waals surface area contributed by atoms with E-state index in [2.05, 4.69) is 40.4 Å². The summed E-state index contributed by atoms with van der Waals surface area (Å²) in [6, 6.07) is 6.20. The van der Waals surface area contributed by atoms with Crippen LogP contribution in [0.2, 0.25) is 0 Å². The standard InChI is InChI=1S/C14H21BrN2O2/c1-14(6-3-7-19-14)13(17-16)9-10-4-5-12(18-2)11(15)8-10/h4-5,8,13,17H,3,6-7,9,16H2,1-2H3. The van der Waals surface area contributed by atoms with Crippen molar-refractivity contribution >= 4 is 15.9 Å². The van der Waals surface area contributed by atoms with Crippen LogP contribution in [0, 0.1) is 0 Å². The molecule has 0 saturated carbocycles. The molecule has 0 radical (unpaired) electrons. The van der Waals surface area contributed by atoms with Gasteiger partial charge in [0, 0.05) is 6.61 Å². The number of hydrogen-bond donors (Lipinski definition) is 2. The third-order valence-corrected chi connectivity index (χ3v) is 4.46. The third kappa shape index (κ3) is 3.28. The molecule has 5 heteroatoms. The Morgan fingerprint density at radius 1 is 1.58 bits per heavy atom. The van der Waals surface area contributed by atoms with E-state index in [1.165, 1.54) is 5.56 Å². The van der Waals surface area contributed by atoms with Gasteiger partial charge < -0.3 is 9.47 Å². The van der Waals surface area contributed by atoms with Crippen molar-refractivity contribution in [3.63, 3.8) is 0 Å². The van der Waals surface area contributed by atoms with Gasteiger partial charge in [0.25, 0.3) is 0 Å². The maximum Gasteiger partial charge on any atom is 0.133 e. The van der Waals surface area contributed by atoms with Crippen molar-refractivity contribution in [2.24, 2.45) is 5.84 Å². The summed E-state index contributed by atoms with van der Waals surface area (Å²) in [5, 5.41) is 0. The molecular weight excluding hydrogens is 308 g/mol. The molecule has 106 valence electrons. The van der Waals surface area contributed by atoms with Gasteiger partial charge in [-0.05, 0) is 59.8 Å². The van der Waals surface area contributed by atoms with Crippen LogP contribution in [-0.4, -0.2) is 25.4 Å². The van der Waals surface area contributed by atoms with Crippen LogP contribution >= 0.6 is 15.9 Å². The quantitative estimate of drug-likeness (QED) is 0.643. The molecule has 2 unspecified atom stereocenters. The van der Waals surface area contributed by atoms with Gasteiger partial charge in [0.1, 0.15) is 5.75 Å². The molecule has 1 fully saturated rings. The molecule has 2 atom stereocenters. The predicted molar refractivity (Wildman–Crippen MR) is 79.1 cm³/mol. The number of benzene rings is 1. The van der Waals surface area contributed by atoms with E-state index in [-0.39, 0.29) is 11.6 Å². The van der Waals surface area contributed by atoms with E-state index in [1.54, 1.807) is 7.11 Å². The highest BCUT2D eigenvalue weighted by atomic mass is 79.9. The first-order valence-corrected chi connectivity index (χ1v) is 7.31. The van der Waals surface area contributed by atoms with Crippen LogP contribution in [0.5, 0.6) is 5.75 Å². The van der Waals surface area contributed by atoms with Crippen LogP contribution in [0.1, 0.15) is 25.3 Å². The molecule has 4 nitrogen and oxygen atoms in total. The van der Waals surface area contributed by atoms with E-state index in [9.17, 15) is 0 Å². The first kappa shape index (κ1) is 14.8. The highest BCUT2D eigenvalue weighted by molar-refractivity contribution is 9.10. The topological polar surface area (TPSA) is 56.5 Å². The van der Waals surface area contributed by atoms with Crippen molar-refractivity contribution in [1.29, 1.82) is 0 Å². The van der Waals surface area contributed by atoms with Gasteiger partial charge in [-0.25, -0.2) is 0 Å². The van der Waals surface area contributed by atoms with Gasteiger partial charge in [0.15, 0.2) is 0 Å². The normalized spacial score (nSPS) is 24.4. The monoisotopic (exact) mass is 328 g/mol. The predicted octanol–water partition coefficient (Wildman–Crippen LogP) is 2.40. The zero-order valence-electron chi connectivity index (χ0n) is 11.4. The van der Waals surface area contributed by atoms with Crippen molar-refractivity contribution in [3.8, 4) is 5.75 Å². The van der Waals surface area contributed by atoms with Crippen LogP contribution in [0.25, 0.3) is 0 Å². The van der Waals surface area contributed by atoms with Crippen LogP contribution < -0.4 is 16.0 Å². The summed E-state index contributed by atoms with van der Waals surface area (Å²) in [5.41, 5.74) is 3.93. The van der Waals surface area contributed by atoms with Crippen molar-refractivity contribution in [1.82, 2.24) is 5.43 Å². The maximum atomic E-state index is 5.86. The number of methoxy groups -OCH3 is 1. The molecule has 1 aromatic rings. The molecule has 0 aliphatic carbocycles. The molecule has 3 N–H and O–H groups in total. The van der Waals surface area contributed by atoms with Crippen molar-refractivity contribution in [2.45, 2.75) is 37.8 Å². The number of hydrogen-bond acceptors (Lipinski definition) is 4. The van der Waals surface area contributed by atoms with Crippen molar-refractivity contribution < 1.29 is 9.47 Å². The first-order valence-electron chi connectivity index (χ1n) is 6.51. The molecule has 0 bridgehead atoms. The van der Waals surface area contributed by atoms with Crippen LogP contribution in [0.3, 0.4) is 0 Å². The molecule has 1 saturated heterocycles. The molecule has 2 rings (SSSR count). The summed E-state index contributed by atoms with van der Waals surface area (Å²) in [4.78, 5) is 0. The second kappa shape index (κ2) is 6.22. The molecule has 1 aliphatic rings. The Morgan fingerprint density at radius 2 is 2.37 bits per heavy atom. The van der Waals surface area contributed by atoms with Gasteiger partial charge in [-0.15, -0.1) is 0 Å². The number of hydrazine groups is 1. The third-order valence-electron chi connectivity index (χ3n) is 3.84. The molecule has 1 aliphatic heterocycles. The molecule has 1 heterocycles. The number of nitrogens with two attached hydrogens (primary N) is 1. The fourth-order valence-corrected chi connectivity index (χ4v) is 3.19. The average Bonchev–Trinajstić information content (AvgIpc) is 2.84. The van der Waals surface area contributed by atoms with E-state index in [0.29, 0.717) is 0 Å². The smallest absolute Gasteiger partial charge is 0.133 e. The van der Waals surface area contributed by atoms with Gasteiger partial charge in [-0.1, -0.05) is 6.07 Å². The fraction of sp³-hybridized carbons (Fsp3) is 0.571. The lowest BCUT2D eigenvalue weighted by atomic mass is 9.89. The zero-order chi connectivity index (χ0) is 13.9. The number of rotatable bonds is 5. The summed E-state index contributed by atoms with van der Waals surface area (Å²) in [6.45, 7) is 2.95. The van der Waals surface area contributed by atoms with Gasteiger partial charge in [-0.2, -0.15) is 0 Å². The maximum absolute atomic E-state index is 5.86. The highest BCUT2D eigenvalue weighted by Gasteiger charge is 2.37. The minimum atomic E-state index is -0.179. The largest absolute Gasteiger partial charge is 0.496 e. The van der Waals surface area contributed by atoms with E-state index >= 15 is 0 Å². The molecule has 0 spiro atoms. The number of nitrogens with one attached hydrogen (secondary N) is 1. The molecule has 0 amide bonds. The summed E-state index contributed by atoms with van der Waals surface area (Å²) in [7, 11) is 1.66. The lowest BCUT2D eigenvalue weighted by molar-refractivity contribution is -0.0115. The molecular formula is C14H21BrN2O2. The van der Waals surface area contributed by atoms with E-state index < -0.39 is 0 Å². The zero-order valence-corrected chi connectivity index (χ0v) is 13.0. The second-order valence-corrected chi connectivity index (χ2v) is 6.01. The number of ether oxygens (including phenoxy) is 2. The lowest BCUT2D eigenvalue weighted by Crippen LogP contribution is -2.52. The Bertz CT molecular complexity index is 433. The Morgan fingerprint density at radius 3 is 2.89 bits per heavy atom. The Hall–Kier alpha value is -0.620. The van der Waals surface area contributed by atoms with Gasteiger partial charge >= 0.3 is 0 Å². The van der Waals surface area contributed by atoms with E-state index in [1.807, 2.05) is 6.07 Å². The minimum Gasteiger partial charge on any atom is -0.496 e. The Balaban J connectivity index is 2.12. The van der Waals surface area contributed by atoms with E-state index in [0.717, 1.165) is 36.1 Å². The van der Waals surface area contributed by atoms with E-state index in [4.69, 9.17) is 15.3 Å². The SMILES string of the molecule is COc1ccc(CC(NN)C2(C)CCCO2)cc1Br. The average molecular weight is 329 g/mol. The van der Waals surface area contributed by atoms with Gasteiger partial charge in [0.05, 0.1) is 23.2 Å². The minimum absolute atomic E-state index is 0.107. The van der Waals surface area contributed by atoms with Crippen molar-refractivity contribution in [3.05, 3.63) is 28.2 Å². The van der Waals surface area contributed by atoms with Gasteiger partial charge in [0.2, 0.25) is 0 Å². The van der Waals surface area contributed by atoms with Crippen LogP contribution in [-0.2, 0) is 11.2 Å². The van der Waals surface area contributed by atoms with Gasteiger partial charge in [-0.3, -0.25) is 11.3 Å². The number of halogens is 1. The Kier molecular flexibility index (Phi) is 4.84. The molecule has 0 aromatic heterocycles. The van der Waals surface area contributed by atoms with Crippen molar-refractivity contribution in [2.75, 3.05) is 13.7 Å². The summed E-state index contributed by atoms with van der Waals surface area (Å²) in [6.07, 6.45) is 2.97. The van der Waals surface area contributed by atoms with Crippen LogP contribution in [0.15, 0.2) is 22.7 Å². The summed E-state index contributed by atoms with van der Waals surface area (Å²) < 4.78 is 12.1. The van der Waals surface area contributed by atoms with Crippen LogP contribution in [0.4, 0.5) is 0 Å². The first-order chi connectivity index (χ1) is 9.09. The fourth-order valence-electron chi connectivity index (χ4n) is 2.60. The summed E-state index contributed by atoms with van der Waals surface area (Å²) in [5.74, 6) is 6.55. The molecule has 1 aromatic carbocycles.